The van der Waals surface area contributed by atoms with Crippen molar-refractivity contribution in [3.05, 3.63) is 11.6 Å². The van der Waals surface area contributed by atoms with Crippen LogP contribution < -0.4 is 0 Å². The largest absolute Gasteiger partial charge is 0.300 e. The van der Waals surface area contributed by atoms with E-state index in [1.807, 2.05) is 0 Å². The fourth-order valence-corrected chi connectivity index (χ4v) is 5.13. The molecule has 0 aromatic carbocycles. The van der Waals surface area contributed by atoms with Crippen LogP contribution in [0.4, 0.5) is 0 Å². The molecule has 20 heavy (non-hydrogen) atoms. The van der Waals surface area contributed by atoms with E-state index < -0.39 is 0 Å². The van der Waals surface area contributed by atoms with Crippen molar-refractivity contribution in [2.45, 2.75) is 77.7 Å². The van der Waals surface area contributed by atoms with Crippen LogP contribution in [0.5, 0.6) is 0 Å². The number of allylic oxidation sites excluding steroid dienone is 1. The highest BCUT2D eigenvalue weighted by molar-refractivity contribution is 5.19. The van der Waals surface area contributed by atoms with Gasteiger partial charge in [0, 0.05) is 6.04 Å². The standard InChI is InChI=1S/C19H33N/c1-4-19(2)14-16(18-10-7-13-20(18)3)9-6-5-8-15-11-12-17(15)19/h14-15,17-18H,4-13H2,1-3H3/b16-14+/t15?,17-,18?,19-/m1/s1. The van der Waals surface area contributed by atoms with Gasteiger partial charge in [-0.25, -0.2) is 0 Å². The summed E-state index contributed by atoms with van der Waals surface area (Å²) in [6, 6.07) is 0.762. The third-order valence-electron chi connectivity index (χ3n) is 6.78. The fraction of sp³-hybridized carbons (Fsp3) is 0.895. The molecule has 0 N–H and O–H groups in total. The summed E-state index contributed by atoms with van der Waals surface area (Å²) in [5.41, 5.74) is 2.27. The van der Waals surface area contributed by atoms with Crippen molar-refractivity contribution in [1.29, 1.82) is 0 Å². The zero-order valence-corrected chi connectivity index (χ0v) is 13.8. The van der Waals surface area contributed by atoms with Gasteiger partial charge in [0.15, 0.2) is 0 Å². The molecule has 0 bridgehead atoms. The van der Waals surface area contributed by atoms with E-state index >= 15 is 0 Å². The second-order valence-corrected chi connectivity index (χ2v) is 7.91. The van der Waals surface area contributed by atoms with Crippen LogP contribution >= 0.6 is 0 Å². The maximum Gasteiger partial charge on any atom is 0.0305 e. The number of fused-ring (bicyclic) bond motifs is 1. The summed E-state index contributed by atoms with van der Waals surface area (Å²) in [5, 5.41) is 0. The lowest BCUT2D eigenvalue weighted by atomic mass is 9.57. The Morgan fingerprint density at radius 2 is 2.00 bits per heavy atom. The van der Waals surface area contributed by atoms with Crippen molar-refractivity contribution in [2.75, 3.05) is 13.6 Å². The van der Waals surface area contributed by atoms with E-state index in [0.717, 1.165) is 17.9 Å². The molecule has 1 heteroatoms. The minimum atomic E-state index is 0.478. The Morgan fingerprint density at radius 3 is 2.60 bits per heavy atom. The van der Waals surface area contributed by atoms with Gasteiger partial charge in [-0.1, -0.05) is 38.3 Å². The van der Waals surface area contributed by atoms with Crippen molar-refractivity contribution >= 4 is 0 Å². The number of hydrogen-bond donors (Lipinski definition) is 0. The Bertz CT molecular complexity index is 372. The van der Waals surface area contributed by atoms with Gasteiger partial charge in [0.2, 0.25) is 0 Å². The molecular formula is C19H33N. The number of nitrogens with zero attached hydrogens (tertiary/aromatic N) is 1. The minimum Gasteiger partial charge on any atom is -0.300 e. The van der Waals surface area contributed by atoms with E-state index in [1.54, 1.807) is 5.57 Å². The summed E-state index contributed by atoms with van der Waals surface area (Å²) in [6.45, 7) is 6.28. The van der Waals surface area contributed by atoms with Gasteiger partial charge in [-0.15, -0.1) is 0 Å². The molecule has 2 fully saturated rings. The Balaban J connectivity index is 1.87. The average Bonchev–Trinajstić information content (AvgIpc) is 2.82. The first-order valence-corrected chi connectivity index (χ1v) is 9.06. The lowest BCUT2D eigenvalue weighted by molar-refractivity contribution is 0.0537. The maximum absolute atomic E-state index is 2.77. The average molecular weight is 275 g/mol. The molecule has 3 rings (SSSR count). The SMILES string of the molecule is CC[C@]1(C)/C=C(/C2CCCN2C)CCCCC2CC[C@H]21. The molecule has 0 aromatic rings. The van der Waals surface area contributed by atoms with Gasteiger partial charge in [-0.3, -0.25) is 4.90 Å². The summed E-state index contributed by atoms with van der Waals surface area (Å²) in [4.78, 5) is 2.61. The number of rotatable bonds is 2. The molecule has 2 aliphatic carbocycles. The Labute approximate surface area is 125 Å². The molecule has 114 valence electrons. The van der Waals surface area contributed by atoms with Crippen molar-refractivity contribution in [1.82, 2.24) is 4.90 Å². The van der Waals surface area contributed by atoms with E-state index in [0.29, 0.717) is 5.41 Å². The van der Waals surface area contributed by atoms with Crippen LogP contribution in [0.2, 0.25) is 0 Å². The van der Waals surface area contributed by atoms with Gasteiger partial charge in [-0.05, 0) is 75.8 Å². The minimum absolute atomic E-state index is 0.478. The smallest absolute Gasteiger partial charge is 0.0305 e. The highest BCUT2D eigenvalue weighted by Crippen LogP contribution is 2.52. The third-order valence-corrected chi connectivity index (χ3v) is 6.78. The fourth-order valence-electron chi connectivity index (χ4n) is 5.13. The second-order valence-electron chi connectivity index (χ2n) is 7.91. The zero-order chi connectivity index (χ0) is 14.2. The first-order valence-electron chi connectivity index (χ1n) is 9.06. The van der Waals surface area contributed by atoms with Crippen LogP contribution in [0.3, 0.4) is 0 Å². The Kier molecular flexibility index (Phi) is 4.26. The van der Waals surface area contributed by atoms with Crippen LogP contribution in [0.1, 0.15) is 71.6 Å². The normalized spacial score (nSPS) is 45.5. The summed E-state index contributed by atoms with van der Waals surface area (Å²) in [7, 11) is 2.33. The molecule has 4 atom stereocenters. The van der Waals surface area contributed by atoms with E-state index in [1.165, 1.54) is 64.3 Å². The van der Waals surface area contributed by atoms with Crippen LogP contribution in [0.25, 0.3) is 0 Å². The molecule has 1 saturated heterocycles. The summed E-state index contributed by atoms with van der Waals surface area (Å²) in [6.07, 6.45) is 15.6. The van der Waals surface area contributed by atoms with E-state index in [4.69, 9.17) is 0 Å². The molecule has 0 spiro atoms. The van der Waals surface area contributed by atoms with Gasteiger partial charge in [0.1, 0.15) is 0 Å². The van der Waals surface area contributed by atoms with Crippen LogP contribution in [-0.2, 0) is 0 Å². The zero-order valence-electron chi connectivity index (χ0n) is 13.8. The summed E-state index contributed by atoms with van der Waals surface area (Å²) < 4.78 is 0. The molecule has 1 heterocycles. The molecular weight excluding hydrogens is 242 g/mol. The highest BCUT2D eigenvalue weighted by Gasteiger charge is 2.43. The highest BCUT2D eigenvalue weighted by atomic mass is 15.1. The molecule has 1 nitrogen and oxygen atoms in total. The van der Waals surface area contributed by atoms with Crippen LogP contribution in [0.15, 0.2) is 11.6 Å². The van der Waals surface area contributed by atoms with Crippen molar-refractivity contribution < 1.29 is 0 Å². The summed E-state index contributed by atoms with van der Waals surface area (Å²) >= 11 is 0. The number of likely N-dealkylation sites (N-methyl/N-ethyl adjacent to an activating group) is 1. The van der Waals surface area contributed by atoms with Crippen molar-refractivity contribution in [3.8, 4) is 0 Å². The molecule has 0 radical (unpaired) electrons. The number of hydrogen-bond acceptors (Lipinski definition) is 1. The first kappa shape index (κ1) is 14.6. The van der Waals surface area contributed by atoms with E-state index in [2.05, 4.69) is 31.9 Å². The summed E-state index contributed by atoms with van der Waals surface area (Å²) in [5.74, 6) is 2.02. The van der Waals surface area contributed by atoms with Gasteiger partial charge in [0.25, 0.3) is 0 Å². The molecule has 3 aliphatic rings. The van der Waals surface area contributed by atoms with Crippen LogP contribution in [0, 0.1) is 17.3 Å². The first-order chi connectivity index (χ1) is 9.64. The molecule has 0 amide bonds. The predicted molar refractivity (Wildman–Crippen MR) is 86.8 cm³/mol. The monoisotopic (exact) mass is 275 g/mol. The Hall–Kier alpha value is -0.300. The van der Waals surface area contributed by atoms with E-state index in [-0.39, 0.29) is 0 Å². The van der Waals surface area contributed by atoms with Crippen molar-refractivity contribution in [3.63, 3.8) is 0 Å². The lowest BCUT2D eigenvalue weighted by Crippen LogP contribution is -2.39. The predicted octanol–water partition coefficient (Wildman–Crippen LogP) is 5.02. The van der Waals surface area contributed by atoms with E-state index in [9.17, 15) is 0 Å². The van der Waals surface area contributed by atoms with Gasteiger partial charge >= 0.3 is 0 Å². The van der Waals surface area contributed by atoms with Gasteiger partial charge in [-0.2, -0.15) is 0 Å². The topological polar surface area (TPSA) is 3.24 Å². The van der Waals surface area contributed by atoms with Crippen LogP contribution in [-0.4, -0.2) is 24.5 Å². The van der Waals surface area contributed by atoms with Crippen molar-refractivity contribution in [2.24, 2.45) is 17.3 Å². The second kappa shape index (κ2) is 5.83. The van der Waals surface area contributed by atoms with Gasteiger partial charge < -0.3 is 0 Å². The maximum atomic E-state index is 2.77. The molecule has 1 saturated carbocycles. The quantitative estimate of drug-likeness (QED) is 0.639. The lowest BCUT2D eigenvalue weighted by Gasteiger charge is -2.48. The molecule has 0 aromatic heterocycles. The third kappa shape index (κ3) is 2.58. The Morgan fingerprint density at radius 1 is 1.15 bits per heavy atom. The number of likely N-dealkylation sites (tertiary alicyclic amines) is 1. The van der Waals surface area contributed by atoms with Gasteiger partial charge in [0.05, 0.1) is 0 Å². The molecule has 1 aliphatic heterocycles. The molecule has 2 unspecified atom stereocenters.